The van der Waals surface area contributed by atoms with Gasteiger partial charge in [0.1, 0.15) is 0 Å². The SMILES string of the molecule is CN1CCc2[nH]ncc2C1.Cl.Cl. The van der Waals surface area contributed by atoms with Gasteiger partial charge in [0, 0.05) is 30.8 Å². The van der Waals surface area contributed by atoms with Crippen LogP contribution in [0.3, 0.4) is 0 Å². The zero-order valence-corrected chi connectivity index (χ0v) is 8.54. The van der Waals surface area contributed by atoms with Crippen molar-refractivity contribution < 1.29 is 0 Å². The Morgan fingerprint density at radius 3 is 3.00 bits per heavy atom. The standard InChI is InChI=1S/C7H11N3.2ClH/c1-10-3-2-7-6(5-10)4-8-9-7;;/h4H,2-3,5H2,1H3,(H,8,9);2*1H. The third-order valence-corrected chi connectivity index (χ3v) is 1.99. The maximum atomic E-state index is 3.99. The van der Waals surface area contributed by atoms with Crippen molar-refractivity contribution in [1.82, 2.24) is 15.1 Å². The van der Waals surface area contributed by atoms with Crippen molar-refractivity contribution in [1.29, 1.82) is 0 Å². The van der Waals surface area contributed by atoms with Gasteiger partial charge in [-0.25, -0.2) is 0 Å². The van der Waals surface area contributed by atoms with Crippen molar-refractivity contribution >= 4 is 24.8 Å². The highest BCUT2D eigenvalue weighted by Crippen LogP contribution is 2.13. The van der Waals surface area contributed by atoms with Crippen molar-refractivity contribution in [3.05, 3.63) is 17.5 Å². The summed E-state index contributed by atoms with van der Waals surface area (Å²) < 4.78 is 0. The first-order valence-corrected chi connectivity index (χ1v) is 3.56. The number of hydrogen-bond acceptors (Lipinski definition) is 2. The predicted octanol–water partition coefficient (Wildman–Crippen LogP) is 1.24. The van der Waals surface area contributed by atoms with Gasteiger partial charge >= 0.3 is 0 Å². The third-order valence-electron chi connectivity index (χ3n) is 1.99. The Morgan fingerprint density at radius 1 is 1.50 bits per heavy atom. The molecule has 0 amide bonds. The number of nitrogens with one attached hydrogen (secondary N) is 1. The Kier molecular flexibility index (Phi) is 4.60. The highest BCUT2D eigenvalue weighted by atomic mass is 35.5. The summed E-state index contributed by atoms with van der Waals surface area (Å²) >= 11 is 0. The first kappa shape index (κ1) is 11.8. The molecule has 0 unspecified atom stereocenters. The molecule has 1 aliphatic heterocycles. The Labute approximate surface area is 84.3 Å². The molecule has 1 N–H and O–H groups in total. The second kappa shape index (κ2) is 4.70. The number of fused-ring (bicyclic) bond motifs is 1. The number of aromatic amines is 1. The Balaban J connectivity index is 0.000000605. The van der Waals surface area contributed by atoms with Gasteiger partial charge in [-0.2, -0.15) is 5.10 Å². The van der Waals surface area contributed by atoms with Gasteiger partial charge in [0.2, 0.25) is 0 Å². The summed E-state index contributed by atoms with van der Waals surface area (Å²) in [6, 6.07) is 0. The predicted molar refractivity (Wildman–Crippen MR) is 53.1 cm³/mol. The molecule has 0 radical (unpaired) electrons. The van der Waals surface area contributed by atoms with Crippen LogP contribution in [0, 0.1) is 0 Å². The molecule has 0 bridgehead atoms. The van der Waals surface area contributed by atoms with Gasteiger partial charge in [0.25, 0.3) is 0 Å². The molecule has 0 fully saturated rings. The van der Waals surface area contributed by atoms with Crippen LogP contribution in [-0.2, 0) is 13.0 Å². The highest BCUT2D eigenvalue weighted by Gasteiger charge is 2.13. The molecule has 0 aromatic carbocycles. The molecule has 1 aliphatic rings. The Hall–Kier alpha value is -0.250. The number of likely N-dealkylation sites (N-methyl/N-ethyl adjacent to an activating group) is 1. The van der Waals surface area contributed by atoms with Crippen LogP contribution in [0.25, 0.3) is 0 Å². The molecule has 1 aromatic rings. The van der Waals surface area contributed by atoms with E-state index in [1.807, 2.05) is 6.20 Å². The normalized spacial score (nSPS) is 15.8. The molecular weight excluding hydrogens is 197 g/mol. The number of rotatable bonds is 0. The van der Waals surface area contributed by atoms with Gasteiger partial charge in [0.05, 0.1) is 6.20 Å². The second-order valence-corrected chi connectivity index (χ2v) is 2.86. The molecule has 0 saturated heterocycles. The topological polar surface area (TPSA) is 31.9 Å². The number of nitrogens with zero attached hydrogens (tertiary/aromatic N) is 2. The minimum Gasteiger partial charge on any atom is -0.302 e. The van der Waals surface area contributed by atoms with Crippen molar-refractivity contribution in [3.63, 3.8) is 0 Å². The molecule has 3 nitrogen and oxygen atoms in total. The summed E-state index contributed by atoms with van der Waals surface area (Å²) in [5, 5.41) is 6.99. The van der Waals surface area contributed by atoms with Crippen LogP contribution < -0.4 is 0 Å². The van der Waals surface area contributed by atoms with E-state index in [0.717, 1.165) is 19.5 Å². The molecule has 2 heterocycles. The maximum absolute atomic E-state index is 3.99. The van der Waals surface area contributed by atoms with E-state index in [2.05, 4.69) is 22.1 Å². The average Bonchev–Trinajstić information content (AvgIpc) is 2.33. The van der Waals surface area contributed by atoms with Crippen LogP contribution in [0.1, 0.15) is 11.3 Å². The first-order valence-electron chi connectivity index (χ1n) is 3.56. The van der Waals surface area contributed by atoms with E-state index in [9.17, 15) is 0 Å². The zero-order chi connectivity index (χ0) is 6.97. The molecule has 0 spiro atoms. The molecule has 12 heavy (non-hydrogen) atoms. The van der Waals surface area contributed by atoms with Gasteiger partial charge in [-0.15, -0.1) is 24.8 Å². The lowest BCUT2D eigenvalue weighted by molar-refractivity contribution is 0.311. The number of aromatic nitrogens is 2. The van der Waals surface area contributed by atoms with Gasteiger partial charge in [-0.05, 0) is 7.05 Å². The molecule has 2 rings (SSSR count). The maximum Gasteiger partial charge on any atom is 0.0535 e. The van der Waals surface area contributed by atoms with Crippen LogP contribution in [0.15, 0.2) is 6.20 Å². The summed E-state index contributed by atoms with van der Waals surface area (Å²) in [5.41, 5.74) is 2.67. The fraction of sp³-hybridized carbons (Fsp3) is 0.571. The van der Waals surface area contributed by atoms with Crippen molar-refractivity contribution in [2.75, 3.05) is 13.6 Å². The second-order valence-electron chi connectivity index (χ2n) is 2.86. The minimum atomic E-state index is 0. The molecule has 0 saturated carbocycles. The monoisotopic (exact) mass is 209 g/mol. The van der Waals surface area contributed by atoms with E-state index in [1.54, 1.807) is 0 Å². The molecule has 0 aliphatic carbocycles. The molecule has 0 atom stereocenters. The molecular formula is C7H13Cl2N3. The van der Waals surface area contributed by atoms with Gasteiger partial charge in [-0.3, -0.25) is 5.10 Å². The molecule has 1 aromatic heterocycles. The lowest BCUT2D eigenvalue weighted by atomic mass is 10.1. The third kappa shape index (κ3) is 2.12. The molecule has 70 valence electrons. The summed E-state index contributed by atoms with van der Waals surface area (Å²) in [6.45, 7) is 2.20. The fourth-order valence-corrected chi connectivity index (χ4v) is 1.36. The summed E-state index contributed by atoms with van der Waals surface area (Å²) in [7, 11) is 2.13. The van der Waals surface area contributed by atoms with Crippen molar-refractivity contribution in [2.45, 2.75) is 13.0 Å². The Morgan fingerprint density at radius 2 is 2.25 bits per heavy atom. The van der Waals surface area contributed by atoms with Crippen molar-refractivity contribution in [2.24, 2.45) is 0 Å². The average molecular weight is 210 g/mol. The lowest BCUT2D eigenvalue weighted by Gasteiger charge is -2.20. The van der Waals surface area contributed by atoms with Crippen LogP contribution in [0.2, 0.25) is 0 Å². The van der Waals surface area contributed by atoms with E-state index in [1.165, 1.54) is 11.3 Å². The van der Waals surface area contributed by atoms with E-state index in [-0.39, 0.29) is 24.8 Å². The summed E-state index contributed by atoms with van der Waals surface area (Å²) in [6.07, 6.45) is 3.04. The van der Waals surface area contributed by atoms with E-state index in [0.29, 0.717) is 0 Å². The van der Waals surface area contributed by atoms with Crippen LogP contribution in [0.5, 0.6) is 0 Å². The lowest BCUT2D eigenvalue weighted by Crippen LogP contribution is -2.25. The largest absolute Gasteiger partial charge is 0.302 e. The zero-order valence-electron chi connectivity index (χ0n) is 6.91. The Bertz CT molecular complexity index is 236. The smallest absolute Gasteiger partial charge is 0.0535 e. The molecule has 5 heteroatoms. The van der Waals surface area contributed by atoms with E-state index < -0.39 is 0 Å². The number of H-pyrrole nitrogens is 1. The van der Waals surface area contributed by atoms with Crippen LogP contribution >= 0.6 is 24.8 Å². The van der Waals surface area contributed by atoms with E-state index in [4.69, 9.17) is 0 Å². The number of halogens is 2. The van der Waals surface area contributed by atoms with Crippen molar-refractivity contribution in [3.8, 4) is 0 Å². The van der Waals surface area contributed by atoms with Crippen LogP contribution in [-0.4, -0.2) is 28.7 Å². The minimum absolute atomic E-state index is 0. The van der Waals surface area contributed by atoms with Gasteiger partial charge in [-0.1, -0.05) is 0 Å². The first-order chi connectivity index (χ1) is 4.86. The summed E-state index contributed by atoms with van der Waals surface area (Å²) in [4.78, 5) is 2.30. The van der Waals surface area contributed by atoms with Crippen LogP contribution in [0.4, 0.5) is 0 Å². The summed E-state index contributed by atoms with van der Waals surface area (Å²) in [5.74, 6) is 0. The van der Waals surface area contributed by atoms with Gasteiger partial charge < -0.3 is 4.90 Å². The number of hydrogen-bond donors (Lipinski definition) is 1. The fourth-order valence-electron chi connectivity index (χ4n) is 1.36. The van der Waals surface area contributed by atoms with E-state index >= 15 is 0 Å². The highest BCUT2D eigenvalue weighted by molar-refractivity contribution is 5.85. The van der Waals surface area contributed by atoms with Gasteiger partial charge in [0.15, 0.2) is 0 Å². The quantitative estimate of drug-likeness (QED) is 0.698.